The number of nitrogens with zero attached hydrogens (tertiary/aromatic N) is 1. The molecular weight excluding hydrogens is 142 g/mol. The van der Waals surface area contributed by atoms with Crippen LogP contribution in [-0.2, 0) is 4.79 Å². The molecule has 0 radical (unpaired) electrons. The second-order valence-electron chi connectivity index (χ2n) is 3.05. The summed E-state index contributed by atoms with van der Waals surface area (Å²) in [5.74, 6) is 0.0677. The molecule has 0 aromatic carbocycles. The van der Waals surface area contributed by atoms with Gasteiger partial charge in [0, 0.05) is 24.6 Å². The van der Waals surface area contributed by atoms with E-state index in [1.54, 1.807) is 0 Å². The number of likely N-dealkylation sites (N-methyl/N-ethyl adjacent to an activating group) is 1. The molecule has 1 aliphatic rings. The van der Waals surface area contributed by atoms with E-state index in [-0.39, 0.29) is 5.78 Å². The molecule has 1 unspecified atom stereocenters. The number of piperidine rings is 1. The topological polar surface area (TPSA) is 40.5 Å². The fraction of sp³-hybridized carbons (Fsp3) is 0.625. The number of aliphatic hydroxyl groups excluding tert-OH is 1. The van der Waals surface area contributed by atoms with Gasteiger partial charge in [0.2, 0.25) is 0 Å². The average Bonchev–Trinajstić information content (AvgIpc) is 1.97. The standard InChI is InChI=1S/C8H13NO2/c1-6-3-8(11)7(5-10)4-9(6)2/h5-6,10H,3-4H2,1-2H3/b7-5+. The Morgan fingerprint density at radius 3 is 2.91 bits per heavy atom. The fourth-order valence-electron chi connectivity index (χ4n) is 1.18. The molecule has 0 aromatic rings. The predicted molar refractivity (Wildman–Crippen MR) is 42.4 cm³/mol. The van der Waals surface area contributed by atoms with Crippen molar-refractivity contribution in [3.63, 3.8) is 0 Å². The number of aliphatic hydroxyl groups is 1. The molecule has 3 nitrogen and oxygen atoms in total. The third-order valence-corrected chi connectivity index (χ3v) is 2.17. The lowest BCUT2D eigenvalue weighted by Crippen LogP contribution is -2.39. The van der Waals surface area contributed by atoms with Crippen molar-refractivity contribution in [1.82, 2.24) is 4.90 Å². The molecule has 0 saturated carbocycles. The van der Waals surface area contributed by atoms with Gasteiger partial charge in [0.15, 0.2) is 5.78 Å². The highest BCUT2D eigenvalue weighted by Crippen LogP contribution is 2.15. The van der Waals surface area contributed by atoms with Gasteiger partial charge in [0.1, 0.15) is 0 Å². The van der Waals surface area contributed by atoms with E-state index in [2.05, 4.69) is 0 Å². The van der Waals surface area contributed by atoms with Crippen molar-refractivity contribution < 1.29 is 9.90 Å². The van der Waals surface area contributed by atoms with Gasteiger partial charge in [-0.1, -0.05) is 0 Å². The minimum Gasteiger partial charge on any atom is -0.515 e. The summed E-state index contributed by atoms with van der Waals surface area (Å²) >= 11 is 0. The van der Waals surface area contributed by atoms with Gasteiger partial charge in [-0.05, 0) is 14.0 Å². The number of carbonyl (C=O) groups excluding carboxylic acids is 1. The summed E-state index contributed by atoms with van der Waals surface area (Å²) in [7, 11) is 1.95. The van der Waals surface area contributed by atoms with E-state index in [1.807, 2.05) is 18.9 Å². The van der Waals surface area contributed by atoms with Crippen LogP contribution in [0.3, 0.4) is 0 Å². The van der Waals surface area contributed by atoms with Crippen LogP contribution >= 0.6 is 0 Å². The van der Waals surface area contributed by atoms with E-state index in [0.29, 0.717) is 24.6 Å². The molecule has 0 aliphatic carbocycles. The Balaban J connectivity index is 2.70. The second kappa shape index (κ2) is 3.05. The number of hydrogen-bond donors (Lipinski definition) is 1. The third kappa shape index (κ3) is 1.60. The summed E-state index contributed by atoms with van der Waals surface area (Å²) in [4.78, 5) is 13.2. The first kappa shape index (κ1) is 8.27. The van der Waals surface area contributed by atoms with Crippen molar-refractivity contribution in [2.24, 2.45) is 0 Å². The van der Waals surface area contributed by atoms with Gasteiger partial charge in [0.05, 0.1) is 6.26 Å². The molecule has 1 N–H and O–H groups in total. The van der Waals surface area contributed by atoms with E-state index < -0.39 is 0 Å². The van der Waals surface area contributed by atoms with Gasteiger partial charge in [-0.25, -0.2) is 0 Å². The Labute approximate surface area is 66.3 Å². The van der Waals surface area contributed by atoms with Crippen molar-refractivity contribution in [3.05, 3.63) is 11.8 Å². The Bertz CT molecular complexity index is 198. The molecule has 0 bridgehead atoms. The predicted octanol–water partition coefficient (Wildman–Crippen LogP) is 0.721. The fourth-order valence-corrected chi connectivity index (χ4v) is 1.18. The zero-order valence-corrected chi connectivity index (χ0v) is 6.87. The summed E-state index contributed by atoms with van der Waals surface area (Å²) in [6, 6.07) is 0.297. The highest BCUT2D eigenvalue weighted by atomic mass is 16.2. The van der Waals surface area contributed by atoms with Crippen LogP contribution in [0.1, 0.15) is 13.3 Å². The van der Waals surface area contributed by atoms with Crippen LogP contribution < -0.4 is 0 Å². The Hall–Kier alpha value is -0.830. The molecule has 1 aliphatic heterocycles. The van der Waals surface area contributed by atoms with Crippen LogP contribution in [0.2, 0.25) is 0 Å². The smallest absolute Gasteiger partial charge is 0.164 e. The summed E-state index contributed by atoms with van der Waals surface area (Å²) in [6.07, 6.45) is 1.44. The van der Waals surface area contributed by atoms with E-state index in [4.69, 9.17) is 5.11 Å². The van der Waals surface area contributed by atoms with Crippen molar-refractivity contribution in [2.45, 2.75) is 19.4 Å². The molecule has 62 valence electrons. The molecule has 0 amide bonds. The normalized spacial score (nSPS) is 31.3. The van der Waals surface area contributed by atoms with Crippen LogP contribution in [0, 0.1) is 0 Å². The van der Waals surface area contributed by atoms with Crippen LogP contribution in [0.15, 0.2) is 11.8 Å². The molecule has 0 spiro atoms. The molecule has 1 saturated heterocycles. The van der Waals surface area contributed by atoms with E-state index in [0.717, 1.165) is 6.26 Å². The Morgan fingerprint density at radius 2 is 2.36 bits per heavy atom. The Morgan fingerprint density at radius 1 is 1.73 bits per heavy atom. The number of carbonyl (C=O) groups is 1. The largest absolute Gasteiger partial charge is 0.515 e. The van der Waals surface area contributed by atoms with Gasteiger partial charge >= 0.3 is 0 Å². The molecule has 1 rings (SSSR count). The van der Waals surface area contributed by atoms with Crippen molar-refractivity contribution >= 4 is 5.78 Å². The first-order valence-electron chi connectivity index (χ1n) is 3.72. The first-order chi connectivity index (χ1) is 5.15. The summed E-state index contributed by atoms with van der Waals surface area (Å²) in [5, 5.41) is 8.66. The lowest BCUT2D eigenvalue weighted by Gasteiger charge is -2.29. The number of likely N-dealkylation sites (tertiary alicyclic amines) is 1. The Kier molecular flexibility index (Phi) is 2.29. The minimum absolute atomic E-state index is 0.0677. The average molecular weight is 155 g/mol. The van der Waals surface area contributed by atoms with E-state index in [9.17, 15) is 4.79 Å². The van der Waals surface area contributed by atoms with Gasteiger partial charge in [-0.3, -0.25) is 9.69 Å². The van der Waals surface area contributed by atoms with Crippen LogP contribution in [0.4, 0.5) is 0 Å². The number of rotatable bonds is 0. The lowest BCUT2D eigenvalue weighted by molar-refractivity contribution is -0.118. The van der Waals surface area contributed by atoms with Gasteiger partial charge in [-0.2, -0.15) is 0 Å². The maximum absolute atomic E-state index is 11.1. The van der Waals surface area contributed by atoms with Crippen molar-refractivity contribution in [2.75, 3.05) is 13.6 Å². The SMILES string of the molecule is CC1CC(=O)/C(=C/O)CN1C. The maximum atomic E-state index is 11.1. The van der Waals surface area contributed by atoms with Crippen molar-refractivity contribution in [3.8, 4) is 0 Å². The summed E-state index contributed by atoms with van der Waals surface area (Å²) < 4.78 is 0. The summed E-state index contributed by atoms with van der Waals surface area (Å²) in [5.41, 5.74) is 0.519. The molecule has 1 heterocycles. The van der Waals surface area contributed by atoms with Crippen molar-refractivity contribution in [1.29, 1.82) is 0 Å². The quantitative estimate of drug-likeness (QED) is 0.414. The zero-order chi connectivity index (χ0) is 8.43. The molecule has 11 heavy (non-hydrogen) atoms. The first-order valence-corrected chi connectivity index (χ1v) is 3.72. The number of hydrogen-bond acceptors (Lipinski definition) is 3. The molecule has 3 heteroatoms. The van der Waals surface area contributed by atoms with Crippen LogP contribution in [0.5, 0.6) is 0 Å². The zero-order valence-electron chi connectivity index (χ0n) is 6.87. The summed E-state index contributed by atoms with van der Waals surface area (Å²) in [6.45, 7) is 2.57. The van der Waals surface area contributed by atoms with Gasteiger partial charge in [-0.15, -0.1) is 0 Å². The second-order valence-corrected chi connectivity index (χ2v) is 3.05. The van der Waals surface area contributed by atoms with Crippen LogP contribution in [-0.4, -0.2) is 35.4 Å². The molecule has 1 atom stereocenters. The van der Waals surface area contributed by atoms with E-state index >= 15 is 0 Å². The van der Waals surface area contributed by atoms with Crippen LogP contribution in [0.25, 0.3) is 0 Å². The highest BCUT2D eigenvalue weighted by molar-refractivity contribution is 5.96. The van der Waals surface area contributed by atoms with Gasteiger partial charge < -0.3 is 5.11 Å². The lowest BCUT2D eigenvalue weighted by atomic mass is 9.99. The minimum atomic E-state index is 0.0677. The monoisotopic (exact) mass is 155 g/mol. The maximum Gasteiger partial charge on any atom is 0.164 e. The van der Waals surface area contributed by atoms with E-state index in [1.165, 1.54) is 0 Å². The molecule has 0 aromatic heterocycles. The molecular formula is C8H13NO2. The molecule has 1 fully saturated rings. The third-order valence-electron chi connectivity index (χ3n) is 2.17. The number of ketones is 1. The number of Topliss-reactive ketones (excluding diaryl/α,β-unsaturated/α-hetero) is 1. The highest BCUT2D eigenvalue weighted by Gasteiger charge is 2.24. The van der Waals surface area contributed by atoms with Gasteiger partial charge in [0.25, 0.3) is 0 Å².